The number of benzene rings is 1. The maximum absolute atomic E-state index is 10.9. The van der Waals surface area contributed by atoms with Crippen LogP contribution < -0.4 is 5.32 Å². The van der Waals surface area contributed by atoms with Crippen molar-refractivity contribution in [2.45, 2.75) is 31.9 Å². The molecule has 6 heteroatoms. The van der Waals surface area contributed by atoms with Crippen molar-refractivity contribution < 1.29 is 10.0 Å². The molecule has 2 aromatic rings. The molecule has 0 saturated heterocycles. The van der Waals surface area contributed by atoms with Gasteiger partial charge >= 0.3 is 0 Å². The number of hydrogen-bond donors (Lipinski definition) is 2. The van der Waals surface area contributed by atoms with E-state index in [1.165, 1.54) is 6.07 Å². The molecule has 0 aliphatic carbocycles. The Morgan fingerprint density at radius 2 is 2.00 bits per heavy atom. The number of nitrogens with one attached hydrogen (secondary N) is 1. The summed E-state index contributed by atoms with van der Waals surface area (Å²) in [6.45, 7) is 2.43. The first-order valence-electron chi connectivity index (χ1n) is 7.67. The number of aromatic nitrogens is 1. The summed E-state index contributed by atoms with van der Waals surface area (Å²) < 4.78 is 0. The first kappa shape index (κ1) is 17.1. The third-order valence-electron chi connectivity index (χ3n) is 3.71. The molecule has 0 saturated carbocycles. The molecule has 1 heterocycles. The lowest BCUT2D eigenvalue weighted by Gasteiger charge is -2.21. The first-order valence-corrected chi connectivity index (χ1v) is 7.67. The number of nitro groups is 1. The van der Waals surface area contributed by atoms with Crippen LogP contribution in [0.3, 0.4) is 0 Å². The van der Waals surface area contributed by atoms with Crippen LogP contribution in [0.4, 0.5) is 5.69 Å². The van der Waals surface area contributed by atoms with Gasteiger partial charge < -0.3 is 10.4 Å². The summed E-state index contributed by atoms with van der Waals surface area (Å²) in [5, 5.41) is 24.5. The van der Waals surface area contributed by atoms with Crippen LogP contribution in [0.1, 0.15) is 43.0 Å². The summed E-state index contributed by atoms with van der Waals surface area (Å²) in [6, 6.07) is 10.2. The number of pyridine rings is 1. The van der Waals surface area contributed by atoms with Crippen LogP contribution in [0.5, 0.6) is 0 Å². The van der Waals surface area contributed by atoms with Gasteiger partial charge in [0.15, 0.2) is 0 Å². The predicted octanol–water partition coefficient (Wildman–Crippen LogP) is 3.15. The van der Waals surface area contributed by atoms with Crippen molar-refractivity contribution in [1.29, 1.82) is 0 Å². The third kappa shape index (κ3) is 4.84. The Balaban J connectivity index is 2.07. The molecule has 0 amide bonds. The van der Waals surface area contributed by atoms with Crippen LogP contribution in [-0.2, 0) is 0 Å². The highest BCUT2D eigenvalue weighted by Crippen LogP contribution is 2.23. The molecule has 0 bridgehead atoms. The Morgan fingerprint density at radius 3 is 2.65 bits per heavy atom. The minimum atomic E-state index is -0.643. The van der Waals surface area contributed by atoms with Crippen LogP contribution >= 0.6 is 0 Å². The molecule has 122 valence electrons. The monoisotopic (exact) mass is 315 g/mol. The largest absolute Gasteiger partial charge is 0.387 e. The van der Waals surface area contributed by atoms with Gasteiger partial charge in [-0.1, -0.05) is 25.5 Å². The van der Waals surface area contributed by atoms with Crippen molar-refractivity contribution in [3.05, 3.63) is 70.0 Å². The number of hydrogen-bond acceptors (Lipinski definition) is 5. The van der Waals surface area contributed by atoms with Gasteiger partial charge in [0.25, 0.3) is 5.69 Å². The predicted molar refractivity (Wildman–Crippen MR) is 87.9 cm³/mol. The summed E-state index contributed by atoms with van der Waals surface area (Å²) in [4.78, 5) is 14.5. The molecule has 2 N–H and O–H groups in total. The zero-order valence-corrected chi connectivity index (χ0v) is 13.1. The Bertz CT molecular complexity index is 634. The quantitative estimate of drug-likeness (QED) is 0.577. The lowest BCUT2D eigenvalue weighted by molar-refractivity contribution is -0.384. The second-order valence-electron chi connectivity index (χ2n) is 5.40. The number of aliphatic hydroxyl groups excluding tert-OH is 1. The first-order chi connectivity index (χ1) is 11.1. The third-order valence-corrected chi connectivity index (χ3v) is 3.71. The molecule has 1 aromatic heterocycles. The van der Waals surface area contributed by atoms with E-state index in [-0.39, 0.29) is 11.7 Å². The van der Waals surface area contributed by atoms with Crippen LogP contribution in [0.2, 0.25) is 0 Å². The average molecular weight is 315 g/mol. The van der Waals surface area contributed by atoms with Crippen LogP contribution in [0, 0.1) is 10.1 Å². The van der Waals surface area contributed by atoms with E-state index < -0.39 is 11.0 Å². The number of nitrogens with zero attached hydrogens (tertiary/aromatic N) is 2. The Labute approximate surface area is 135 Å². The summed E-state index contributed by atoms with van der Waals surface area (Å²) in [7, 11) is 0. The molecule has 0 aliphatic rings. The Kier molecular flexibility index (Phi) is 6.19. The van der Waals surface area contributed by atoms with E-state index >= 15 is 0 Å². The number of non-ortho nitro benzene ring substituents is 1. The van der Waals surface area contributed by atoms with Crippen molar-refractivity contribution in [2.24, 2.45) is 0 Å². The van der Waals surface area contributed by atoms with Gasteiger partial charge in [0.2, 0.25) is 0 Å². The minimum absolute atomic E-state index is 0.0311. The smallest absolute Gasteiger partial charge is 0.269 e. The van der Waals surface area contributed by atoms with Gasteiger partial charge in [0.1, 0.15) is 0 Å². The van der Waals surface area contributed by atoms with E-state index in [0.29, 0.717) is 6.54 Å². The Morgan fingerprint density at radius 1 is 1.26 bits per heavy atom. The summed E-state index contributed by atoms with van der Waals surface area (Å²) >= 11 is 0. The highest BCUT2D eigenvalue weighted by molar-refractivity contribution is 5.35. The maximum Gasteiger partial charge on any atom is 0.269 e. The molecule has 2 rings (SSSR count). The normalized spacial score (nSPS) is 13.5. The highest BCUT2D eigenvalue weighted by Gasteiger charge is 2.16. The van der Waals surface area contributed by atoms with Gasteiger partial charge in [-0.3, -0.25) is 15.1 Å². The Hall–Kier alpha value is -2.31. The van der Waals surface area contributed by atoms with Gasteiger partial charge in [-0.05, 0) is 29.7 Å². The zero-order valence-electron chi connectivity index (χ0n) is 13.1. The fraction of sp³-hybridized carbons (Fsp3) is 0.353. The number of aliphatic hydroxyl groups is 1. The average Bonchev–Trinajstić information content (AvgIpc) is 2.59. The molecule has 2 unspecified atom stereocenters. The lowest BCUT2D eigenvalue weighted by atomic mass is 10.0. The van der Waals surface area contributed by atoms with E-state index in [9.17, 15) is 15.2 Å². The topological polar surface area (TPSA) is 88.3 Å². The number of rotatable bonds is 8. The van der Waals surface area contributed by atoms with E-state index in [2.05, 4.69) is 17.2 Å². The van der Waals surface area contributed by atoms with Crippen LogP contribution in [0.25, 0.3) is 0 Å². The molecule has 0 spiro atoms. The standard InChI is InChI=1S/C17H21N3O3/c1-2-4-16(14-5-3-6-15(11-14)20(22)23)19-12-17(21)13-7-9-18-10-8-13/h3,5-11,16-17,19,21H,2,4,12H2,1H3. The van der Waals surface area contributed by atoms with Gasteiger partial charge in [0, 0.05) is 37.1 Å². The molecule has 0 aliphatic heterocycles. The zero-order chi connectivity index (χ0) is 16.7. The molecule has 6 nitrogen and oxygen atoms in total. The van der Waals surface area contributed by atoms with E-state index in [1.54, 1.807) is 36.7 Å². The molecule has 0 radical (unpaired) electrons. The van der Waals surface area contributed by atoms with Crippen molar-refractivity contribution in [3.8, 4) is 0 Å². The SMILES string of the molecule is CCCC(NCC(O)c1ccncc1)c1cccc([N+](=O)[O-])c1. The summed E-state index contributed by atoms with van der Waals surface area (Å²) in [6.07, 6.45) is 4.41. The minimum Gasteiger partial charge on any atom is -0.387 e. The second kappa shape index (κ2) is 8.36. The molecule has 2 atom stereocenters. The molecule has 0 fully saturated rings. The van der Waals surface area contributed by atoms with Crippen molar-refractivity contribution >= 4 is 5.69 Å². The highest BCUT2D eigenvalue weighted by atomic mass is 16.6. The van der Waals surface area contributed by atoms with Gasteiger partial charge in [0.05, 0.1) is 11.0 Å². The fourth-order valence-corrected chi connectivity index (χ4v) is 2.49. The van der Waals surface area contributed by atoms with Crippen molar-refractivity contribution in [1.82, 2.24) is 10.3 Å². The van der Waals surface area contributed by atoms with Gasteiger partial charge in [-0.2, -0.15) is 0 Å². The van der Waals surface area contributed by atoms with Crippen molar-refractivity contribution in [2.75, 3.05) is 6.54 Å². The molecule has 23 heavy (non-hydrogen) atoms. The van der Waals surface area contributed by atoms with E-state index in [0.717, 1.165) is 24.0 Å². The maximum atomic E-state index is 10.9. The van der Waals surface area contributed by atoms with Crippen molar-refractivity contribution in [3.63, 3.8) is 0 Å². The number of nitro benzene ring substituents is 1. The lowest BCUT2D eigenvalue weighted by Crippen LogP contribution is -2.26. The molecular formula is C17H21N3O3. The van der Waals surface area contributed by atoms with Gasteiger partial charge in [-0.15, -0.1) is 0 Å². The van der Waals surface area contributed by atoms with Crippen LogP contribution in [0.15, 0.2) is 48.8 Å². The molecular weight excluding hydrogens is 294 g/mol. The fourth-order valence-electron chi connectivity index (χ4n) is 2.49. The van der Waals surface area contributed by atoms with E-state index in [1.807, 2.05) is 6.07 Å². The van der Waals surface area contributed by atoms with Gasteiger partial charge in [-0.25, -0.2) is 0 Å². The second-order valence-corrected chi connectivity index (χ2v) is 5.40. The summed E-state index contributed by atoms with van der Waals surface area (Å²) in [5.41, 5.74) is 1.74. The van der Waals surface area contributed by atoms with E-state index in [4.69, 9.17) is 0 Å². The molecule has 1 aromatic carbocycles. The summed E-state index contributed by atoms with van der Waals surface area (Å²) in [5.74, 6) is 0. The van der Waals surface area contributed by atoms with Crippen LogP contribution in [-0.4, -0.2) is 21.6 Å².